The molecule has 0 unspecified atom stereocenters. The molecule has 1 aliphatic carbocycles. The van der Waals surface area contributed by atoms with Gasteiger partial charge in [0.15, 0.2) is 0 Å². The van der Waals surface area contributed by atoms with Gasteiger partial charge in [-0.3, -0.25) is 0 Å². The summed E-state index contributed by atoms with van der Waals surface area (Å²) in [5, 5.41) is 11.9. The summed E-state index contributed by atoms with van der Waals surface area (Å²) >= 11 is 0. The number of benzene rings is 1. The number of rotatable bonds is 4. The number of nitrogens with one attached hydrogen (secondary N) is 1. The highest BCUT2D eigenvalue weighted by Gasteiger charge is 2.32. The second-order valence-corrected chi connectivity index (χ2v) is 4.39. The lowest BCUT2D eigenvalue weighted by atomic mass is 10.2. The SMILES string of the molecule is Cc1ccccc1NC(=O)N(CCO)C1CC1. The average molecular weight is 234 g/mol. The number of hydrogen-bond acceptors (Lipinski definition) is 2. The first-order valence-corrected chi connectivity index (χ1v) is 5.96. The van der Waals surface area contributed by atoms with Crippen LogP contribution in [-0.2, 0) is 0 Å². The van der Waals surface area contributed by atoms with Gasteiger partial charge in [0.1, 0.15) is 0 Å². The summed E-state index contributed by atoms with van der Waals surface area (Å²) in [6.07, 6.45) is 2.09. The number of para-hydroxylation sites is 1. The number of urea groups is 1. The van der Waals surface area contributed by atoms with Crippen molar-refractivity contribution in [2.45, 2.75) is 25.8 Å². The van der Waals surface area contributed by atoms with Crippen LogP contribution in [0, 0.1) is 6.92 Å². The molecule has 0 heterocycles. The number of aryl methyl sites for hydroxylation is 1. The first-order chi connectivity index (χ1) is 8.22. The Hall–Kier alpha value is -1.55. The quantitative estimate of drug-likeness (QED) is 0.837. The van der Waals surface area contributed by atoms with Crippen LogP contribution in [0.3, 0.4) is 0 Å². The molecular formula is C13H18N2O2. The molecular weight excluding hydrogens is 216 g/mol. The normalized spacial score (nSPS) is 14.5. The van der Waals surface area contributed by atoms with E-state index in [9.17, 15) is 4.79 Å². The Morgan fingerprint density at radius 2 is 2.18 bits per heavy atom. The third kappa shape index (κ3) is 2.97. The van der Waals surface area contributed by atoms with Gasteiger partial charge < -0.3 is 15.3 Å². The van der Waals surface area contributed by atoms with E-state index in [0.29, 0.717) is 12.6 Å². The Morgan fingerprint density at radius 3 is 2.76 bits per heavy atom. The highest BCUT2D eigenvalue weighted by Crippen LogP contribution is 2.27. The van der Waals surface area contributed by atoms with Crippen LogP contribution in [0.1, 0.15) is 18.4 Å². The lowest BCUT2D eigenvalue weighted by molar-refractivity contribution is 0.185. The number of hydrogen-bond donors (Lipinski definition) is 2. The van der Waals surface area contributed by atoms with Crippen LogP contribution in [0.5, 0.6) is 0 Å². The zero-order valence-corrected chi connectivity index (χ0v) is 10.0. The van der Waals surface area contributed by atoms with E-state index in [1.807, 2.05) is 31.2 Å². The summed E-state index contributed by atoms with van der Waals surface area (Å²) in [4.78, 5) is 13.8. The third-order valence-corrected chi connectivity index (χ3v) is 2.98. The van der Waals surface area contributed by atoms with Gasteiger partial charge in [0.2, 0.25) is 0 Å². The zero-order chi connectivity index (χ0) is 12.3. The molecule has 0 atom stereocenters. The van der Waals surface area contributed by atoms with Crippen LogP contribution in [0.4, 0.5) is 10.5 Å². The fraction of sp³-hybridized carbons (Fsp3) is 0.462. The number of aliphatic hydroxyl groups excluding tert-OH is 1. The monoisotopic (exact) mass is 234 g/mol. The highest BCUT2D eigenvalue weighted by atomic mass is 16.3. The number of amides is 2. The van der Waals surface area contributed by atoms with Gasteiger partial charge in [-0.1, -0.05) is 18.2 Å². The van der Waals surface area contributed by atoms with Crippen molar-refractivity contribution in [3.8, 4) is 0 Å². The standard InChI is InChI=1S/C13H18N2O2/c1-10-4-2-3-5-12(10)14-13(17)15(8-9-16)11-6-7-11/h2-5,11,16H,6-9H2,1H3,(H,14,17). The molecule has 0 aromatic heterocycles. The van der Waals surface area contributed by atoms with E-state index in [0.717, 1.165) is 24.1 Å². The van der Waals surface area contributed by atoms with Crippen molar-refractivity contribution in [3.05, 3.63) is 29.8 Å². The van der Waals surface area contributed by atoms with Crippen LogP contribution < -0.4 is 5.32 Å². The largest absolute Gasteiger partial charge is 0.395 e. The van der Waals surface area contributed by atoms with E-state index in [1.54, 1.807) is 4.90 Å². The summed E-state index contributed by atoms with van der Waals surface area (Å²) in [7, 11) is 0. The van der Waals surface area contributed by atoms with Gasteiger partial charge in [0.25, 0.3) is 0 Å². The second-order valence-electron chi connectivity index (χ2n) is 4.39. The van der Waals surface area contributed by atoms with Gasteiger partial charge in [-0.25, -0.2) is 4.79 Å². The lowest BCUT2D eigenvalue weighted by Gasteiger charge is -2.22. The molecule has 4 heteroatoms. The van der Waals surface area contributed by atoms with Gasteiger partial charge in [0.05, 0.1) is 6.61 Å². The first-order valence-electron chi connectivity index (χ1n) is 5.96. The maximum Gasteiger partial charge on any atom is 0.322 e. The van der Waals surface area contributed by atoms with Crippen molar-refractivity contribution in [2.24, 2.45) is 0 Å². The Kier molecular flexibility index (Phi) is 3.64. The smallest absolute Gasteiger partial charge is 0.322 e. The van der Waals surface area contributed by atoms with E-state index >= 15 is 0 Å². The molecule has 0 spiro atoms. The third-order valence-electron chi connectivity index (χ3n) is 2.98. The number of anilines is 1. The molecule has 2 amide bonds. The van der Waals surface area contributed by atoms with Gasteiger partial charge in [-0.15, -0.1) is 0 Å². The fourth-order valence-corrected chi connectivity index (χ4v) is 1.84. The molecule has 0 saturated heterocycles. The maximum atomic E-state index is 12.0. The minimum absolute atomic E-state index is 0.0116. The second kappa shape index (κ2) is 5.19. The fourth-order valence-electron chi connectivity index (χ4n) is 1.84. The van der Waals surface area contributed by atoms with Crippen LogP contribution >= 0.6 is 0 Å². The lowest BCUT2D eigenvalue weighted by Crippen LogP contribution is -2.38. The van der Waals surface area contributed by atoms with E-state index in [-0.39, 0.29) is 12.6 Å². The molecule has 1 saturated carbocycles. The molecule has 2 rings (SSSR count). The number of carbonyl (C=O) groups is 1. The van der Waals surface area contributed by atoms with Crippen molar-refractivity contribution in [2.75, 3.05) is 18.5 Å². The summed E-state index contributed by atoms with van der Waals surface area (Å²) in [5.41, 5.74) is 1.88. The molecule has 1 fully saturated rings. The van der Waals surface area contributed by atoms with Crippen molar-refractivity contribution < 1.29 is 9.90 Å². The Balaban J connectivity index is 2.02. The minimum Gasteiger partial charge on any atom is -0.395 e. The molecule has 0 radical (unpaired) electrons. The Bertz CT molecular complexity index is 402. The molecule has 92 valence electrons. The van der Waals surface area contributed by atoms with Crippen LogP contribution in [0.25, 0.3) is 0 Å². The number of carbonyl (C=O) groups excluding carboxylic acids is 1. The molecule has 2 N–H and O–H groups in total. The highest BCUT2D eigenvalue weighted by molar-refractivity contribution is 5.90. The van der Waals surface area contributed by atoms with E-state index in [1.165, 1.54) is 0 Å². The zero-order valence-electron chi connectivity index (χ0n) is 10.0. The Morgan fingerprint density at radius 1 is 1.47 bits per heavy atom. The van der Waals surface area contributed by atoms with Crippen LogP contribution in [0.15, 0.2) is 24.3 Å². The van der Waals surface area contributed by atoms with Crippen molar-refractivity contribution in [1.29, 1.82) is 0 Å². The minimum atomic E-state index is -0.115. The molecule has 0 bridgehead atoms. The van der Waals surface area contributed by atoms with Gasteiger partial charge >= 0.3 is 6.03 Å². The molecule has 1 aromatic carbocycles. The van der Waals surface area contributed by atoms with Crippen LogP contribution in [0.2, 0.25) is 0 Å². The van der Waals surface area contributed by atoms with Crippen molar-refractivity contribution in [3.63, 3.8) is 0 Å². The van der Waals surface area contributed by atoms with E-state index in [2.05, 4.69) is 5.32 Å². The summed E-state index contributed by atoms with van der Waals surface area (Å²) < 4.78 is 0. The number of aliphatic hydroxyl groups is 1. The van der Waals surface area contributed by atoms with E-state index in [4.69, 9.17) is 5.11 Å². The molecule has 0 aliphatic heterocycles. The average Bonchev–Trinajstić information content (AvgIpc) is 3.13. The van der Waals surface area contributed by atoms with Crippen LogP contribution in [-0.4, -0.2) is 35.2 Å². The molecule has 17 heavy (non-hydrogen) atoms. The van der Waals surface area contributed by atoms with Crippen molar-refractivity contribution in [1.82, 2.24) is 4.90 Å². The van der Waals surface area contributed by atoms with Gasteiger partial charge in [0, 0.05) is 18.3 Å². The predicted molar refractivity (Wildman–Crippen MR) is 67.0 cm³/mol. The summed E-state index contributed by atoms with van der Waals surface area (Å²) in [6, 6.07) is 7.88. The summed E-state index contributed by atoms with van der Waals surface area (Å²) in [6.45, 7) is 2.38. The molecule has 4 nitrogen and oxygen atoms in total. The maximum absolute atomic E-state index is 12.0. The molecule has 1 aromatic rings. The molecule has 1 aliphatic rings. The van der Waals surface area contributed by atoms with E-state index < -0.39 is 0 Å². The first kappa shape index (κ1) is 11.9. The van der Waals surface area contributed by atoms with Gasteiger partial charge in [-0.05, 0) is 31.4 Å². The van der Waals surface area contributed by atoms with Gasteiger partial charge in [-0.2, -0.15) is 0 Å². The number of nitrogens with zero attached hydrogens (tertiary/aromatic N) is 1. The predicted octanol–water partition coefficient (Wildman–Crippen LogP) is 1.98. The summed E-state index contributed by atoms with van der Waals surface area (Å²) in [5.74, 6) is 0. The van der Waals surface area contributed by atoms with Crippen molar-refractivity contribution >= 4 is 11.7 Å². The Labute approximate surface area is 101 Å². The topological polar surface area (TPSA) is 52.6 Å².